The first kappa shape index (κ1) is 18.3. The van der Waals surface area contributed by atoms with Crippen molar-refractivity contribution in [2.75, 3.05) is 0 Å². The van der Waals surface area contributed by atoms with E-state index in [0.29, 0.717) is 12.1 Å². The van der Waals surface area contributed by atoms with Gasteiger partial charge in [-0.05, 0) is 37.1 Å². The molecule has 0 fully saturated rings. The highest BCUT2D eigenvalue weighted by molar-refractivity contribution is 5.96. The second-order valence-electron chi connectivity index (χ2n) is 6.39. The van der Waals surface area contributed by atoms with Gasteiger partial charge in [-0.2, -0.15) is 0 Å². The number of nitrogens with one attached hydrogen (secondary N) is 1. The van der Waals surface area contributed by atoms with E-state index in [0.717, 1.165) is 16.8 Å². The van der Waals surface area contributed by atoms with Crippen LogP contribution in [-0.2, 0) is 11.2 Å². The molecule has 0 aliphatic rings. The minimum absolute atomic E-state index is 0.163. The van der Waals surface area contributed by atoms with Crippen molar-refractivity contribution in [3.63, 3.8) is 0 Å². The van der Waals surface area contributed by atoms with Gasteiger partial charge in [0.25, 0.3) is 5.91 Å². The normalized spacial score (nSPS) is 11.8. The zero-order valence-electron chi connectivity index (χ0n) is 15.2. The molecule has 0 saturated carbocycles. The van der Waals surface area contributed by atoms with Crippen molar-refractivity contribution in [2.24, 2.45) is 5.73 Å². The number of hydrogen-bond donors (Lipinski definition) is 2. The molecule has 3 aromatic rings. The number of primary amides is 1. The molecule has 0 radical (unpaired) electrons. The first-order chi connectivity index (χ1) is 13.0. The highest BCUT2D eigenvalue weighted by Crippen LogP contribution is 2.14. The third-order valence-electron chi connectivity index (χ3n) is 4.29. The predicted molar refractivity (Wildman–Crippen MR) is 101 cm³/mol. The first-order valence-electron chi connectivity index (χ1n) is 8.59. The summed E-state index contributed by atoms with van der Waals surface area (Å²) in [4.78, 5) is 24.4. The maximum atomic E-state index is 12.6. The number of aryl methyl sites for hydroxylation is 1. The molecule has 1 atom stereocenters. The molecule has 0 bridgehead atoms. The van der Waals surface area contributed by atoms with Crippen LogP contribution in [0.5, 0.6) is 0 Å². The quantitative estimate of drug-likeness (QED) is 0.696. The summed E-state index contributed by atoms with van der Waals surface area (Å²) in [6.45, 7) is 3.73. The molecule has 3 N–H and O–H groups in total. The lowest BCUT2D eigenvalue weighted by Crippen LogP contribution is -2.46. The van der Waals surface area contributed by atoms with E-state index in [9.17, 15) is 9.59 Å². The maximum absolute atomic E-state index is 12.6. The summed E-state index contributed by atoms with van der Waals surface area (Å²) in [5.41, 5.74) is 9.01. The van der Waals surface area contributed by atoms with Crippen molar-refractivity contribution in [1.29, 1.82) is 0 Å². The van der Waals surface area contributed by atoms with Gasteiger partial charge in [0.15, 0.2) is 5.69 Å². The van der Waals surface area contributed by atoms with Crippen molar-refractivity contribution in [1.82, 2.24) is 20.3 Å². The van der Waals surface area contributed by atoms with E-state index in [-0.39, 0.29) is 5.69 Å². The molecule has 1 unspecified atom stereocenters. The smallest absolute Gasteiger partial charge is 0.274 e. The SMILES string of the molecule is Cc1cccc(-n2nnc(C(=O)NC(Cc3ccccc3)C(N)=O)c2C)c1. The van der Waals surface area contributed by atoms with E-state index >= 15 is 0 Å². The summed E-state index contributed by atoms with van der Waals surface area (Å²) in [6, 6.07) is 16.3. The number of carbonyl (C=O) groups is 2. The Bertz CT molecular complexity index is 966. The van der Waals surface area contributed by atoms with E-state index in [2.05, 4.69) is 15.6 Å². The van der Waals surface area contributed by atoms with Crippen LogP contribution in [0.1, 0.15) is 27.3 Å². The largest absolute Gasteiger partial charge is 0.368 e. The fourth-order valence-electron chi connectivity index (χ4n) is 2.84. The Labute approximate surface area is 157 Å². The Morgan fingerprint density at radius 1 is 1.11 bits per heavy atom. The van der Waals surface area contributed by atoms with Crippen LogP contribution >= 0.6 is 0 Å². The molecule has 7 heteroatoms. The number of carbonyl (C=O) groups excluding carboxylic acids is 2. The van der Waals surface area contributed by atoms with Crippen LogP contribution in [0.2, 0.25) is 0 Å². The number of nitrogens with two attached hydrogens (primary N) is 1. The van der Waals surface area contributed by atoms with E-state index in [1.807, 2.05) is 61.5 Å². The van der Waals surface area contributed by atoms with Crippen LogP contribution < -0.4 is 11.1 Å². The van der Waals surface area contributed by atoms with Gasteiger partial charge in [-0.1, -0.05) is 47.7 Å². The van der Waals surface area contributed by atoms with E-state index < -0.39 is 17.9 Å². The van der Waals surface area contributed by atoms with Crippen molar-refractivity contribution in [2.45, 2.75) is 26.3 Å². The minimum Gasteiger partial charge on any atom is -0.368 e. The summed E-state index contributed by atoms with van der Waals surface area (Å²) < 4.78 is 1.60. The predicted octanol–water partition coefficient (Wildman–Crippen LogP) is 1.71. The second-order valence-corrected chi connectivity index (χ2v) is 6.39. The lowest BCUT2D eigenvalue weighted by molar-refractivity contribution is -0.119. The van der Waals surface area contributed by atoms with Gasteiger partial charge >= 0.3 is 0 Å². The molecule has 2 aromatic carbocycles. The molecule has 1 aromatic heterocycles. The number of amides is 2. The van der Waals surface area contributed by atoms with Crippen LogP contribution in [0, 0.1) is 13.8 Å². The standard InChI is InChI=1S/C20H21N5O2/c1-13-7-6-10-16(11-13)25-14(2)18(23-24-25)20(27)22-17(19(21)26)12-15-8-4-3-5-9-15/h3-11,17H,12H2,1-2H3,(H2,21,26)(H,22,27). The van der Waals surface area contributed by atoms with E-state index in [4.69, 9.17) is 5.73 Å². The number of aromatic nitrogens is 3. The Morgan fingerprint density at radius 3 is 2.52 bits per heavy atom. The Kier molecular flexibility index (Phi) is 5.30. The zero-order chi connectivity index (χ0) is 19.4. The van der Waals surface area contributed by atoms with Gasteiger partial charge in [0, 0.05) is 6.42 Å². The Hall–Kier alpha value is -3.48. The van der Waals surface area contributed by atoms with Gasteiger partial charge in [0.2, 0.25) is 5.91 Å². The summed E-state index contributed by atoms with van der Waals surface area (Å²) in [7, 11) is 0. The van der Waals surface area contributed by atoms with Crippen molar-refractivity contribution in [3.05, 3.63) is 77.1 Å². The third kappa shape index (κ3) is 4.20. The average Bonchev–Trinajstić information content (AvgIpc) is 3.03. The first-order valence-corrected chi connectivity index (χ1v) is 8.59. The van der Waals surface area contributed by atoms with Crippen LogP contribution in [0.25, 0.3) is 5.69 Å². The van der Waals surface area contributed by atoms with Crippen LogP contribution in [0.4, 0.5) is 0 Å². The number of rotatable bonds is 6. The summed E-state index contributed by atoms with van der Waals surface area (Å²) >= 11 is 0. The van der Waals surface area contributed by atoms with Crippen LogP contribution in [0.3, 0.4) is 0 Å². The fraction of sp³-hybridized carbons (Fsp3) is 0.200. The Balaban J connectivity index is 1.80. The molecule has 3 rings (SSSR count). The third-order valence-corrected chi connectivity index (χ3v) is 4.29. The van der Waals surface area contributed by atoms with Gasteiger partial charge in [-0.3, -0.25) is 9.59 Å². The topological polar surface area (TPSA) is 103 Å². The zero-order valence-corrected chi connectivity index (χ0v) is 15.2. The molecule has 0 aliphatic heterocycles. The van der Waals surface area contributed by atoms with Crippen LogP contribution in [-0.4, -0.2) is 32.9 Å². The van der Waals surface area contributed by atoms with Gasteiger partial charge in [-0.15, -0.1) is 5.10 Å². The lowest BCUT2D eigenvalue weighted by atomic mass is 10.1. The molecule has 0 aliphatic carbocycles. The van der Waals surface area contributed by atoms with Gasteiger partial charge in [0.05, 0.1) is 11.4 Å². The van der Waals surface area contributed by atoms with Crippen LogP contribution in [0.15, 0.2) is 54.6 Å². The average molecular weight is 363 g/mol. The maximum Gasteiger partial charge on any atom is 0.274 e. The molecule has 138 valence electrons. The summed E-state index contributed by atoms with van der Waals surface area (Å²) in [5, 5.41) is 10.7. The Morgan fingerprint density at radius 2 is 1.85 bits per heavy atom. The number of hydrogen-bond acceptors (Lipinski definition) is 4. The molecule has 2 amide bonds. The molecule has 0 saturated heterocycles. The summed E-state index contributed by atoms with van der Waals surface area (Å²) in [5.74, 6) is -1.08. The monoisotopic (exact) mass is 363 g/mol. The van der Waals surface area contributed by atoms with Crippen molar-refractivity contribution < 1.29 is 9.59 Å². The number of nitrogens with zero attached hydrogens (tertiary/aromatic N) is 3. The van der Waals surface area contributed by atoms with E-state index in [1.165, 1.54) is 0 Å². The highest BCUT2D eigenvalue weighted by Gasteiger charge is 2.23. The fourth-order valence-corrected chi connectivity index (χ4v) is 2.84. The molecule has 7 nitrogen and oxygen atoms in total. The highest BCUT2D eigenvalue weighted by atomic mass is 16.2. The minimum atomic E-state index is -0.830. The lowest BCUT2D eigenvalue weighted by Gasteiger charge is -2.15. The molecule has 0 spiro atoms. The van der Waals surface area contributed by atoms with Gasteiger partial charge < -0.3 is 11.1 Å². The molecular weight excluding hydrogens is 342 g/mol. The van der Waals surface area contributed by atoms with Gasteiger partial charge in [0.1, 0.15) is 6.04 Å². The molecular formula is C20H21N5O2. The summed E-state index contributed by atoms with van der Waals surface area (Å²) in [6.07, 6.45) is 0.312. The van der Waals surface area contributed by atoms with E-state index in [1.54, 1.807) is 11.6 Å². The van der Waals surface area contributed by atoms with Crippen molar-refractivity contribution in [3.8, 4) is 5.69 Å². The molecule has 27 heavy (non-hydrogen) atoms. The van der Waals surface area contributed by atoms with Gasteiger partial charge in [-0.25, -0.2) is 4.68 Å². The number of benzene rings is 2. The van der Waals surface area contributed by atoms with Crippen molar-refractivity contribution >= 4 is 11.8 Å². The second kappa shape index (κ2) is 7.82. The molecule has 1 heterocycles.